The summed E-state index contributed by atoms with van der Waals surface area (Å²) in [4.78, 5) is 13.4. The fourth-order valence-electron chi connectivity index (χ4n) is 2.53. The molecule has 0 aliphatic heterocycles. The van der Waals surface area contributed by atoms with Crippen molar-refractivity contribution >= 4 is 29.3 Å². The minimum atomic E-state index is -0.154. The highest BCUT2D eigenvalue weighted by atomic mass is 35.5. The molecule has 0 atom stereocenters. The van der Waals surface area contributed by atoms with Gasteiger partial charge in [0.05, 0.1) is 18.2 Å². The second-order valence-corrected chi connectivity index (χ2v) is 7.64. The minimum absolute atomic E-state index is 0.154. The van der Waals surface area contributed by atoms with Crippen LogP contribution in [0.2, 0.25) is 5.02 Å². The molecule has 1 N–H and O–H groups in total. The maximum atomic E-state index is 12.2. The van der Waals surface area contributed by atoms with Crippen LogP contribution in [0.4, 0.5) is 0 Å². The van der Waals surface area contributed by atoms with Gasteiger partial charge in [-0.15, -0.1) is 11.8 Å². The van der Waals surface area contributed by atoms with Gasteiger partial charge in [0.15, 0.2) is 0 Å². The summed E-state index contributed by atoms with van der Waals surface area (Å²) in [6.45, 7) is 1.33. The predicted molar refractivity (Wildman–Crippen MR) is 118 cm³/mol. The van der Waals surface area contributed by atoms with E-state index in [1.54, 1.807) is 36.0 Å². The third-order valence-corrected chi connectivity index (χ3v) is 5.25. The first kappa shape index (κ1) is 21.1. The van der Waals surface area contributed by atoms with Gasteiger partial charge in [0.1, 0.15) is 18.1 Å². The molecule has 0 saturated carbocycles. The van der Waals surface area contributed by atoms with Crippen LogP contribution in [-0.4, -0.2) is 31.4 Å². The highest BCUT2D eigenvalue weighted by Gasteiger charge is 2.06. The largest absolute Gasteiger partial charge is 0.493 e. The van der Waals surface area contributed by atoms with Crippen molar-refractivity contribution in [3.8, 4) is 11.5 Å². The van der Waals surface area contributed by atoms with Crippen LogP contribution in [0.25, 0.3) is 0 Å². The molecule has 0 fully saturated rings. The Bertz CT molecular complexity index is 904. The monoisotopic (exact) mass is 427 g/mol. The molecule has 0 heterocycles. The summed E-state index contributed by atoms with van der Waals surface area (Å²) in [6, 6.07) is 24.6. The van der Waals surface area contributed by atoms with Gasteiger partial charge in [-0.3, -0.25) is 4.79 Å². The van der Waals surface area contributed by atoms with Gasteiger partial charge in [-0.25, -0.2) is 0 Å². The number of ether oxygens (including phenoxy) is 2. The molecule has 1 amide bonds. The van der Waals surface area contributed by atoms with Crippen LogP contribution in [0, 0.1) is 0 Å². The van der Waals surface area contributed by atoms with Crippen LogP contribution in [0.5, 0.6) is 11.5 Å². The Hall–Kier alpha value is -2.63. The maximum absolute atomic E-state index is 12.2. The van der Waals surface area contributed by atoms with Crippen molar-refractivity contribution in [3.63, 3.8) is 0 Å². The number of hydrogen-bond acceptors (Lipinski definition) is 4. The van der Waals surface area contributed by atoms with E-state index in [9.17, 15) is 4.79 Å². The molecule has 3 aromatic rings. The summed E-state index contributed by atoms with van der Waals surface area (Å²) in [6.07, 6.45) is 0. The molecule has 0 bridgehead atoms. The van der Waals surface area contributed by atoms with E-state index in [1.165, 1.54) is 4.90 Å². The van der Waals surface area contributed by atoms with Crippen molar-refractivity contribution in [2.45, 2.75) is 4.90 Å². The van der Waals surface area contributed by atoms with E-state index in [-0.39, 0.29) is 5.91 Å². The van der Waals surface area contributed by atoms with Crippen LogP contribution < -0.4 is 14.8 Å². The van der Waals surface area contributed by atoms with Crippen LogP contribution in [0.15, 0.2) is 83.8 Å². The van der Waals surface area contributed by atoms with Crippen molar-refractivity contribution in [2.24, 2.45) is 0 Å². The third-order valence-electron chi connectivity index (χ3n) is 3.96. The van der Waals surface area contributed by atoms with Gasteiger partial charge in [0.25, 0.3) is 5.91 Å². The zero-order valence-electron chi connectivity index (χ0n) is 15.8. The third kappa shape index (κ3) is 7.04. The summed E-state index contributed by atoms with van der Waals surface area (Å²) in [5.74, 6) is 2.06. The Morgan fingerprint density at radius 3 is 2.34 bits per heavy atom. The van der Waals surface area contributed by atoms with Gasteiger partial charge in [-0.2, -0.15) is 0 Å². The van der Waals surface area contributed by atoms with Crippen molar-refractivity contribution in [2.75, 3.05) is 25.5 Å². The molecule has 0 aromatic heterocycles. The Balaban J connectivity index is 1.35. The molecular formula is C23H22ClNO3S. The Morgan fingerprint density at radius 2 is 1.59 bits per heavy atom. The predicted octanol–water partition coefficient (Wildman–Crippen LogP) is 5.32. The first-order valence-electron chi connectivity index (χ1n) is 9.28. The zero-order valence-corrected chi connectivity index (χ0v) is 17.4. The summed E-state index contributed by atoms with van der Waals surface area (Å²) in [5, 5.41) is 3.38. The van der Waals surface area contributed by atoms with Crippen LogP contribution in [-0.2, 0) is 0 Å². The molecule has 6 heteroatoms. The normalized spacial score (nSPS) is 10.4. The fourth-order valence-corrected chi connectivity index (χ4v) is 3.47. The lowest BCUT2D eigenvalue weighted by Gasteiger charge is -2.10. The number of amides is 1. The Morgan fingerprint density at radius 1 is 0.862 bits per heavy atom. The first-order chi connectivity index (χ1) is 14.2. The molecule has 150 valence electrons. The molecule has 0 aliphatic carbocycles. The van der Waals surface area contributed by atoms with Crippen LogP contribution in [0.1, 0.15) is 10.4 Å². The Labute approximate surface area is 180 Å². The molecule has 3 aromatic carbocycles. The molecule has 0 unspecified atom stereocenters. The number of thioether (sulfide) groups is 1. The molecule has 0 spiro atoms. The highest BCUT2D eigenvalue weighted by molar-refractivity contribution is 7.99. The summed E-state index contributed by atoms with van der Waals surface area (Å²) in [5.41, 5.74) is 0.578. The van der Waals surface area contributed by atoms with Gasteiger partial charge in [0, 0.05) is 16.2 Å². The highest BCUT2D eigenvalue weighted by Crippen LogP contribution is 2.22. The number of hydrogen-bond donors (Lipinski definition) is 1. The van der Waals surface area contributed by atoms with E-state index in [4.69, 9.17) is 21.1 Å². The van der Waals surface area contributed by atoms with Gasteiger partial charge >= 0.3 is 0 Å². The van der Waals surface area contributed by atoms with E-state index in [2.05, 4.69) is 17.4 Å². The minimum Gasteiger partial charge on any atom is -0.493 e. The lowest BCUT2D eigenvalue weighted by atomic mass is 10.2. The number of halogens is 1. The molecule has 0 radical (unpaired) electrons. The van der Waals surface area contributed by atoms with E-state index in [0.717, 1.165) is 11.5 Å². The van der Waals surface area contributed by atoms with Crippen molar-refractivity contribution in [1.82, 2.24) is 5.32 Å². The fraction of sp³-hybridized carbons (Fsp3) is 0.174. The summed E-state index contributed by atoms with van der Waals surface area (Å²) < 4.78 is 11.3. The molecular weight excluding hydrogens is 406 g/mol. The number of nitrogens with one attached hydrogen (secondary N) is 1. The quantitative estimate of drug-likeness (QED) is 0.351. The molecule has 4 nitrogen and oxygen atoms in total. The SMILES string of the molecule is O=C(NCCOc1ccccc1Cl)c1ccc(OCCSc2ccccc2)cc1. The lowest BCUT2D eigenvalue weighted by Crippen LogP contribution is -2.28. The number of para-hydroxylation sites is 1. The van der Waals surface area contributed by atoms with Crippen LogP contribution in [0.3, 0.4) is 0 Å². The van der Waals surface area contributed by atoms with Gasteiger partial charge in [0.2, 0.25) is 0 Å². The molecule has 0 saturated heterocycles. The van der Waals surface area contributed by atoms with Gasteiger partial charge < -0.3 is 14.8 Å². The summed E-state index contributed by atoms with van der Waals surface area (Å²) in [7, 11) is 0. The number of carbonyl (C=O) groups is 1. The lowest BCUT2D eigenvalue weighted by molar-refractivity contribution is 0.0947. The van der Waals surface area contributed by atoms with Gasteiger partial charge in [-0.1, -0.05) is 41.9 Å². The average molecular weight is 428 g/mol. The number of carbonyl (C=O) groups excluding carboxylic acids is 1. The van der Waals surface area contributed by atoms with Crippen molar-refractivity contribution < 1.29 is 14.3 Å². The van der Waals surface area contributed by atoms with Crippen molar-refractivity contribution in [3.05, 3.63) is 89.4 Å². The zero-order chi connectivity index (χ0) is 20.3. The van der Waals surface area contributed by atoms with Crippen LogP contribution >= 0.6 is 23.4 Å². The van der Waals surface area contributed by atoms with Crippen molar-refractivity contribution in [1.29, 1.82) is 0 Å². The van der Waals surface area contributed by atoms with Gasteiger partial charge in [-0.05, 0) is 48.5 Å². The second kappa shape index (κ2) is 11.4. The molecule has 29 heavy (non-hydrogen) atoms. The summed E-state index contributed by atoms with van der Waals surface area (Å²) >= 11 is 7.78. The number of benzene rings is 3. The van der Waals surface area contributed by atoms with E-state index in [1.807, 2.05) is 42.5 Å². The Kier molecular flexibility index (Phi) is 8.28. The first-order valence-corrected chi connectivity index (χ1v) is 10.6. The number of rotatable bonds is 10. The standard InChI is InChI=1S/C23H22ClNO3S/c24-21-8-4-5-9-22(21)28-15-14-25-23(26)18-10-12-19(13-11-18)27-16-17-29-20-6-2-1-3-7-20/h1-13H,14-17H2,(H,25,26). The molecule has 0 aliphatic rings. The average Bonchev–Trinajstić information content (AvgIpc) is 2.76. The maximum Gasteiger partial charge on any atom is 0.251 e. The van der Waals surface area contributed by atoms with E-state index in [0.29, 0.717) is 36.1 Å². The van der Waals surface area contributed by atoms with E-state index >= 15 is 0 Å². The molecule has 3 rings (SSSR count). The second-order valence-electron chi connectivity index (χ2n) is 6.07. The topological polar surface area (TPSA) is 47.6 Å². The van der Waals surface area contributed by atoms with E-state index < -0.39 is 0 Å². The smallest absolute Gasteiger partial charge is 0.251 e.